The van der Waals surface area contributed by atoms with Gasteiger partial charge in [0.1, 0.15) is 11.5 Å². The van der Waals surface area contributed by atoms with Crippen LogP contribution in [0, 0.1) is 5.92 Å². The Morgan fingerprint density at radius 2 is 2.20 bits per heavy atom. The summed E-state index contributed by atoms with van der Waals surface area (Å²) in [6, 6.07) is 1.97. The SMILES string of the molecule is CCc1c(OC)cc2c(c1O)C(=O)C[C@H]1CN(C)C[C@@H]21. The third kappa shape index (κ3) is 1.82. The highest BCUT2D eigenvalue weighted by Gasteiger charge is 2.41. The van der Waals surface area contributed by atoms with Crippen LogP contribution >= 0.6 is 0 Å². The fourth-order valence-corrected chi connectivity index (χ4v) is 3.80. The van der Waals surface area contributed by atoms with Crippen molar-refractivity contribution < 1.29 is 14.6 Å². The summed E-state index contributed by atoms with van der Waals surface area (Å²) in [5.74, 6) is 1.62. The van der Waals surface area contributed by atoms with Gasteiger partial charge in [-0.3, -0.25) is 4.79 Å². The lowest BCUT2D eigenvalue weighted by Crippen LogP contribution is -2.24. The number of nitrogens with zero attached hydrogens (tertiary/aromatic N) is 1. The number of fused-ring (bicyclic) bond motifs is 3. The lowest BCUT2D eigenvalue weighted by Gasteiger charge is -2.28. The Balaban J connectivity index is 2.19. The van der Waals surface area contributed by atoms with Crippen molar-refractivity contribution in [2.75, 3.05) is 27.2 Å². The van der Waals surface area contributed by atoms with Gasteiger partial charge in [-0.1, -0.05) is 6.92 Å². The Morgan fingerprint density at radius 3 is 2.85 bits per heavy atom. The highest BCUT2D eigenvalue weighted by atomic mass is 16.5. The fraction of sp³-hybridized carbons (Fsp3) is 0.562. The minimum Gasteiger partial charge on any atom is -0.507 e. The van der Waals surface area contributed by atoms with E-state index in [4.69, 9.17) is 4.74 Å². The van der Waals surface area contributed by atoms with E-state index in [1.54, 1.807) is 7.11 Å². The molecule has 1 saturated heterocycles. The van der Waals surface area contributed by atoms with Crippen LogP contribution in [-0.4, -0.2) is 43.0 Å². The number of hydrogen-bond donors (Lipinski definition) is 1. The minimum atomic E-state index is 0.0754. The Hall–Kier alpha value is -1.55. The molecule has 0 aromatic heterocycles. The molecule has 0 amide bonds. The number of benzene rings is 1. The number of carbonyl (C=O) groups excluding carboxylic acids is 1. The van der Waals surface area contributed by atoms with E-state index in [9.17, 15) is 9.90 Å². The Bertz CT molecular complexity index is 567. The highest BCUT2D eigenvalue weighted by molar-refractivity contribution is 6.02. The van der Waals surface area contributed by atoms with Gasteiger partial charge in [0, 0.05) is 31.0 Å². The van der Waals surface area contributed by atoms with Crippen LogP contribution < -0.4 is 4.74 Å². The van der Waals surface area contributed by atoms with E-state index in [1.807, 2.05) is 13.0 Å². The van der Waals surface area contributed by atoms with Gasteiger partial charge in [0.05, 0.1) is 12.7 Å². The first-order chi connectivity index (χ1) is 9.56. The van der Waals surface area contributed by atoms with Gasteiger partial charge in [-0.05, 0) is 31.0 Å². The van der Waals surface area contributed by atoms with E-state index in [0.29, 0.717) is 36.0 Å². The number of hydrogen-bond acceptors (Lipinski definition) is 4. The molecule has 1 aliphatic heterocycles. The molecule has 1 heterocycles. The number of Topliss-reactive ketones (excluding diaryl/α,β-unsaturated/α-hetero) is 1. The maximum absolute atomic E-state index is 12.4. The molecule has 20 heavy (non-hydrogen) atoms. The number of ether oxygens (including phenoxy) is 1. The average Bonchev–Trinajstić information content (AvgIpc) is 2.78. The normalized spacial score (nSPS) is 25.4. The molecule has 2 aliphatic rings. The van der Waals surface area contributed by atoms with Crippen LogP contribution in [0.25, 0.3) is 0 Å². The minimum absolute atomic E-state index is 0.0754. The summed E-state index contributed by atoms with van der Waals surface area (Å²) in [6.07, 6.45) is 1.20. The first kappa shape index (κ1) is 13.4. The zero-order valence-electron chi connectivity index (χ0n) is 12.3. The topological polar surface area (TPSA) is 49.8 Å². The fourth-order valence-electron chi connectivity index (χ4n) is 3.80. The monoisotopic (exact) mass is 275 g/mol. The summed E-state index contributed by atoms with van der Waals surface area (Å²) in [7, 11) is 3.70. The molecule has 0 radical (unpaired) electrons. The molecule has 0 unspecified atom stereocenters. The number of rotatable bonds is 2. The second-order valence-corrected chi connectivity index (χ2v) is 5.94. The molecule has 1 aliphatic carbocycles. The van der Waals surface area contributed by atoms with Crippen LogP contribution in [0.5, 0.6) is 11.5 Å². The molecule has 0 bridgehead atoms. The zero-order valence-corrected chi connectivity index (χ0v) is 12.3. The predicted molar refractivity (Wildman–Crippen MR) is 76.7 cm³/mol. The lowest BCUT2D eigenvalue weighted by atomic mass is 9.75. The molecule has 0 saturated carbocycles. The van der Waals surface area contributed by atoms with E-state index >= 15 is 0 Å². The lowest BCUT2D eigenvalue weighted by molar-refractivity contribution is 0.0943. The van der Waals surface area contributed by atoms with Gasteiger partial charge in [-0.2, -0.15) is 0 Å². The number of phenols is 1. The molecule has 1 fully saturated rings. The van der Waals surface area contributed by atoms with Gasteiger partial charge in [0.2, 0.25) is 0 Å². The maximum atomic E-state index is 12.4. The number of likely N-dealkylation sites (tertiary alicyclic amines) is 1. The van der Waals surface area contributed by atoms with E-state index in [2.05, 4.69) is 11.9 Å². The molecule has 108 valence electrons. The first-order valence-electron chi connectivity index (χ1n) is 7.21. The highest BCUT2D eigenvalue weighted by Crippen LogP contribution is 2.47. The number of ketones is 1. The van der Waals surface area contributed by atoms with Crippen molar-refractivity contribution in [3.63, 3.8) is 0 Å². The molecular weight excluding hydrogens is 254 g/mol. The summed E-state index contributed by atoms with van der Waals surface area (Å²) < 4.78 is 5.41. The summed E-state index contributed by atoms with van der Waals surface area (Å²) in [5.41, 5.74) is 2.26. The molecule has 2 atom stereocenters. The first-order valence-corrected chi connectivity index (χ1v) is 7.21. The van der Waals surface area contributed by atoms with Crippen LogP contribution in [0.15, 0.2) is 6.07 Å². The molecule has 4 nitrogen and oxygen atoms in total. The van der Waals surface area contributed by atoms with Crippen molar-refractivity contribution in [1.29, 1.82) is 0 Å². The van der Waals surface area contributed by atoms with Crippen molar-refractivity contribution in [2.24, 2.45) is 5.92 Å². The number of methoxy groups -OCH3 is 1. The van der Waals surface area contributed by atoms with Gasteiger partial charge in [0.25, 0.3) is 0 Å². The van der Waals surface area contributed by atoms with Gasteiger partial charge < -0.3 is 14.7 Å². The number of carbonyl (C=O) groups is 1. The van der Waals surface area contributed by atoms with Crippen LogP contribution in [0.4, 0.5) is 0 Å². The second-order valence-electron chi connectivity index (χ2n) is 5.94. The van der Waals surface area contributed by atoms with Crippen molar-refractivity contribution >= 4 is 5.78 Å². The van der Waals surface area contributed by atoms with Gasteiger partial charge in [0.15, 0.2) is 5.78 Å². The number of phenolic OH excluding ortho intramolecular Hbond substituents is 1. The smallest absolute Gasteiger partial charge is 0.167 e. The Morgan fingerprint density at radius 1 is 1.45 bits per heavy atom. The maximum Gasteiger partial charge on any atom is 0.167 e. The zero-order chi connectivity index (χ0) is 14.4. The largest absolute Gasteiger partial charge is 0.507 e. The standard InChI is InChI=1S/C16H21NO3/c1-4-10-14(20-3)6-11-12-8-17(2)7-9(12)5-13(18)15(11)16(10)19/h6,9,12,19H,4-5,7-8H2,1-3H3/t9-,12+/m0/s1. The molecule has 0 spiro atoms. The Kier molecular flexibility index (Phi) is 3.21. The van der Waals surface area contributed by atoms with Gasteiger partial charge in [-0.15, -0.1) is 0 Å². The quantitative estimate of drug-likeness (QED) is 0.899. The van der Waals surface area contributed by atoms with Crippen molar-refractivity contribution in [3.05, 3.63) is 22.8 Å². The van der Waals surface area contributed by atoms with Crippen molar-refractivity contribution in [2.45, 2.75) is 25.7 Å². The van der Waals surface area contributed by atoms with Crippen LogP contribution in [0.1, 0.15) is 40.7 Å². The van der Waals surface area contributed by atoms with E-state index < -0.39 is 0 Å². The van der Waals surface area contributed by atoms with E-state index in [0.717, 1.165) is 24.2 Å². The average molecular weight is 275 g/mol. The molecule has 1 N–H and O–H groups in total. The summed E-state index contributed by atoms with van der Waals surface area (Å²) in [5, 5.41) is 10.5. The van der Waals surface area contributed by atoms with Crippen molar-refractivity contribution in [3.8, 4) is 11.5 Å². The molecule has 4 heteroatoms. The van der Waals surface area contributed by atoms with Crippen LogP contribution in [0.3, 0.4) is 0 Å². The number of aromatic hydroxyl groups is 1. The van der Waals surface area contributed by atoms with Crippen LogP contribution in [-0.2, 0) is 6.42 Å². The van der Waals surface area contributed by atoms with Crippen LogP contribution in [0.2, 0.25) is 0 Å². The van der Waals surface area contributed by atoms with Gasteiger partial charge >= 0.3 is 0 Å². The number of likely N-dealkylation sites (N-methyl/N-ethyl adjacent to an activating group) is 1. The second kappa shape index (κ2) is 4.77. The van der Waals surface area contributed by atoms with E-state index in [1.165, 1.54) is 0 Å². The molecule has 1 aromatic rings. The summed E-state index contributed by atoms with van der Waals surface area (Å²) >= 11 is 0. The molecule has 3 rings (SSSR count). The van der Waals surface area contributed by atoms with E-state index in [-0.39, 0.29) is 11.5 Å². The molecule has 1 aromatic carbocycles. The third-order valence-electron chi connectivity index (χ3n) is 4.72. The molecular formula is C16H21NO3. The van der Waals surface area contributed by atoms with Gasteiger partial charge in [-0.25, -0.2) is 0 Å². The summed E-state index contributed by atoms with van der Waals surface area (Å²) in [6.45, 7) is 3.86. The predicted octanol–water partition coefficient (Wildman–Crippen LogP) is 2.19. The Labute approximate surface area is 119 Å². The van der Waals surface area contributed by atoms with Crippen molar-refractivity contribution in [1.82, 2.24) is 4.90 Å². The third-order valence-corrected chi connectivity index (χ3v) is 4.72. The summed E-state index contributed by atoms with van der Waals surface area (Å²) in [4.78, 5) is 14.7.